The van der Waals surface area contributed by atoms with Crippen molar-refractivity contribution in [2.24, 2.45) is 0 Å². The van der Waals surface area contributed by atoms with Crippen LogP contribution >= 0.6 is 0 Å². The summed E-state index contributed by atoms with van der Waals surface area (Å²) in [6.45, 7) is 0. The summed E-state index contributed by atoms with van der Waals surface area (Å²) in [5.41, 5.74) is -27.3. The van der Waals surface area contributed by atoms with Gasteiger partial charge in [-0.25, -0.2) is 0 Å². The fourth-order valence-corrected chi connectivity index (χ4v) is 12.7. The van der Waals surface area contributed by atoms with Gasteiger partial charge < -0.3 is 9.13 Å². The summed E-state index contributed by atoms with van der Waals surface area (Å²) >= 11 is 0. The second-order valence-corrected chi connectivity index (χ2v) is 23.3. The number of nitriles is 2. The zero-order chi connectivity index (χ0) is 74.5. The number of benzene rings is 9. The monoisotopic (exact) mass is 1450 g/mol. The van der Waals surface area contributed by atoms with Crippen LogP contribution in [0, 0.1) is 22.7 Å². The van der Waals surface area contributed by atoms with Gasteiger partial charge in [0.1, 0.15) is 0 Å². The molecule has 1 aliphatic carbocycles. The molecule has 11 aromatic rings. The number of fused-ring (bicyclic) bond motifs is 6. The maximum Gasteiger partial charge on any atom is 0.417 e. The smallest absolute Gasteiger partial charge is 0.312 e. The third kappa shape index (κ3) is 13.0. The highest BCUT2D eigenvalue weighted by atomic mass is 19.4. The summed E-state index contributed by atoms with van der Waals surface area (Å²) in [6, 6.07) is 17.3. The highest BCUT2D eigenvalue weighted by molar-refractivity contribution is 6.13. The van der Waals surface area contributed by atoms with Gasteiger partial charge in [0.25, 0.3) is 0 Å². The quantitative estimate of drug-likeness (QED) is 0.149. The molecule has 0 amide bonds. The van der Waals surface area contributed by atoms with Crippen molar-refractivity contribution < 1.29 is 119 Å². The number of allylic oxidation sites excluding steroid dienone is 1. The topological polar surface area (TPSA) is 57.4 Å². The van der Waals surface area contributed by atoms with Crippen molar-refractivity contribution in [2.75, 3.05) is 0 Å². The molecule has 9 aromatic carbocycles. The molecule has 0 saturated heterocycles. The van der Waals surface area contributed by atoms with Gasteiger partial charge in [0.2, 0.25) is 0 Å². The molecule has 0 N–H and O–H groups in total. The Morgan fingerprint density at radius 3 is 0.980 bits per heavy atom. The van der Waals surface area contributed by atoms with Crippen molar-refractivity contribution in [3.8, 4) is 68.0 Å². The number of hydrogen-bond acceptors (Lipinski definition) is 2. The van der Waals surface area contributed by atoms with E-state index in [-0.39, 0.29) is 75.7 Å². The normalized spacial score (nSPS) is 13.8. The van der Waals surface area contributed by atoms with E-state index in [4.69, 9.17) is 0 Å². The van der Waals surface area contributed by atoms with Crippen LogP contribution in [0.15, 0.2) is 158 Å². The molecule has 0 aliphatic heterocycles. The van der Waals surface area contributed by atoms with Gasteiger partial charge in [-0.15, -0.1) is 0 Å². The van der Waals surface area contributed by atoms with Crippen molar-refractivity contribution in [1.29, 1.82) is 10.5 Å². The van der Waals surface area contributed by atoms with Gasteiger partial charge in [-0.2, -0.15) is 129 Å². The molecule has 0 atom stereocenters. The fourth-order valence-electron chi connectivity index (χ4n) is 12.7. The molecule has 0 fully saturated rings. The number of aromatic nitrogens is 2. The lowest BCUT2D eigenvalue weighted by atomic mass is 9.87. The van der Waals surface area contributed by atoms with Gasteiger partial charge in [0.15, 0.2) is 0 Å². The predicted molar refractivity (Wildman–Crippen MR) is 316 cm³/mol. The average molecular weight is 1450 g/mol. The highest BCUT2D eigenvalue weighted by Crippen LogP contribution is 2.52. The third-order valence-corrected chi connectivity index (χ3v) is 17.1. The minimum absolute atomic E-state index is 0.185. The standard InChI is InChI=1S/C71H31F27N4/c72-63(73,74)39-5-9-44(52(26-39)68(87,88)89)34-1-13-56-48(22-34)49-23-35(45-10-6-40(64(75,76)77)27-53(45)69(90,91)92)2-14-57(49)101(56)60-19-33(31-100)20-61(62(60)38-17-32(30-99)18-43(21-38)67(84,85)86)102-58-15-3-36(46-11-7-41(65(78,79)80)28-54(46)70(93,94)95)24-50(58)51-25-37(4-16-59(51)102)47-12-8-42(66(81,82)83)29-55(47)71(96,97)98/h1-3,5-15,17-29H,4,16H2. The van der Waals surface area contributed by atoms with E-state index in [1.54, 1.807) is 6.07 Å². The van der Waals surface area contributed by atoms with Gasteiger partial charge in [-0.05, 0) is 184 Å². The molecular formula is C71H31F27N4. The molecular weight excluding hydrogens is 1420 g/mol. The molecule has 0 radical (unpaired) electrons. The van der Waals surface area contributed by atoms with Gasteiger partial charge in [0, 0.05) is 33.0 Å². The molecule has 524 valence electrons. The molecule has 0 unspecified atom stereocenters. The van der Waals surface area contributed by atoms with E-state index in [0.29, 0.717) is 42.5 Å². The van der Waals surface area contributed by atoms with E-state index in [2.05, 4.69) is 0 Å². The molecule has 0 bridgehead atoms. The summed E-state index contributed by atoms with van der Waals surface area (Å²) < 4.78 is 396. The number of alkyl halides is 27. The number of halogens is 27. The van der Waals surface area contributed by atoms with Crippen LogP contribution in [0.5, 0.6) is 0 Å². The van der Waals surface area contributed by atoms with E-state index >= 15 is 13.2 Å². The molecule has 2 heterocycles. The first kappa shape index (κ1) is 71.0. The Balaban J connectivity index is 1.24. The lowest BCUT2D eigenvalue weighted by molar-refractivity contribution is -0.144. The predicted octanol–water partition coefficient (Wildman–Crippen LogP) is 24.8. The zero-order valence-electron chi connectivity index (χ0n) is 50.0. The highest BCUT2D eigenvalue weighted by Gasteiger charge is 2.44. The van der Waals surface area contributed by atoms with Crippen LogP contribution in [-0.2, 0) is 62.0 Å². The van der Waals surface area contributed by atoms with E-state index in [9.17, 15) is 116 Å². The Morgan fingerprint density at radius 2 is 0.618 bits per heavy atom. The van der Waals surface area contributed by atoms with Crippen molar-refractivity contribution in [3.63, 3.8) is 0 Å². The van der Waals surface area contributed by atoms with Crippen LogP contribution < -0.4 is 0 Å². The third-order valence-electron chi connectivity index (χ3n) is 17.1. The first-order valence-corrected chi connectivity index (χ1v) is 29.0. The van der Waals surface area contributed by atoms with Crippen LogP contribution in [0.4, 0.5) is 119 Å². The minimum atomic E-state index is -5.58. The van der Waals surface area contributed by atoms with E-state index in [0.717, 1.165) is 88.0 Å². The summed E-state index contributed by atoms with van der Waals surface area (Å²) in [7, 11) is 0. The van der Waals surface area contributed by atoms with Gasteiger partial charge in [0.05, 0.1) is 101 Å². The van der Waals surface area contributed by atoms with Crippen molar-refractivity contribution in [1.82, 2.24) is 9.13 Å². The molecule has 1 aliphatic rings. The van der Waals surface area contributed by atoms with E-state index in [1.165, 1.54) is 0 Å². The number of rotatable bonds is 7. The van der Waals surface area contributed by atoms with Crippen LogP contribution in [0.25, 0.3) is 100 Å². The summed E-state index contributed by atoms with van der Waals surface area (Å²) in [6.07, 6.45) is -49.4. The Labute approximate surface area is 553 Å². The van der Waals surface area contributed by atoms with E-state index < -0.39 is 207 Å². The average Bonchev–Trinajstić information content (AvgIpc) is 1.54. The molecule has 0 spiro atoms. The lowest BCUT2D eigenvalue weighted by Gasteiger charge is -2.24. The second-order valence-electron chi connectivity index (χ2n) is 23.3. The molecule has 12 rings (SSSR count). The van der Waals surface area contributed by atoms with Gasteiger partial charge >= 0.3 is 55.6 Å². The lowest BCUT2D eigenvalue weighted by Crippen LogP contribution is -2.14. The van der Waals surface area contributed by atoms with Gasteiger partial charge in [-0.1, -0.05) is 42.5 Å². The largest absolute Gasteiger partial charge is 0.417 e. The Hall–Kier alpha value is -10.9. The van der Waals surface area contributed by atoms with Crippen LogP contribution in [0.3, 0.4) is 0 Å². The maximum absolute atomic E-state index is 15.3. The SMILES string of the molecule is N#Cc1cc(-c2c(-n3c4c(c5cc(-c6ccc(C(F)(F)F)cc6C(F)(F)F)ccc53)C=C(c3ccc(C(F)(F)F)cc3C(F)(F)F)CC4)cc(C#N)cc2-n2c3ccc(-c4ccc(C(F)(F)F)cc4C(F)(F)F)cc3c3cc(-c4ccc(C(F)(F)F)cc4C(F)(F)F)ccc32)cc(C(F)(F)F)c1. The summed E-state index contributed by atoms with van der Waals surface area (Å²) in [4.78, 5) is 0. The first-order valence-electron chi connectivity index (χ1n) is 29.0. The minimum Gasteiger partial charge on any atom is -0.312 e. The van der Waals surface area contributed by atoms with Crippen LogP contribution in [0.1, 0.15) is 84.4 Å². The van der Waals surface area contributed by atoms with Crippen LogP contribution in [-0.4, -0.2) is 9.13 Å². The zero-order valence-corrected chi connectivity index (χ0v) is 50.0. The maximum atomic E-state index is 15.3. The van der Waals surface area contributed by atoms with Crippen molar-refractivity contribution >= 4 is 44.4 Å². The van der Waals surface area contributed by atoms with E-state index in [1.807, 2.05) is 6.07 Å². The second kappa shape index (κ2) is 23.9. The van der Waals surface area contributed by atoms with Crippen LogP contribution in [0.2, 0.25) is 0 Å². The molecule has 2 aromatic heterocycles. The molecule has 102 heavy (non-hydrogen) atoms. The molecule has 4 nitrogen and oxygen atoms in total. The molecule has 31 heteroatoms. The summed E-state index contributed by atoms with van der Waals surface area (Å²) in [5, 5.41) is 20.2. The first-order chi connectivity index (χ1) is 47.1. The van der Waals surface area contributed by atoms with Crippen molar-refractivity contribution in [2.45, 2.75) is 68.4 Å². The number of nitrogens with zero attached hydrogens (tertiary/aromatic N) is 4. The fraction of sp³-hybridized carbons (Fsp3) is 0.155. The summed E-state index contributed by atoms with van der Waals surface area (Å²) in [5.74, 6) is 0. The molecule has 0 saturated carbocycles. The Morgan fingerprint density at radius 1 is 0.284 bits per heavy atom. The van der Waals surface area contributed by atoms with Gasteiger partial charge in [-0.3, -0.25) is 0 Å². The van der Waals surface area contributed by atoms with Crippen molar-refractivity contribution in [3.05, 3.63) is 236 Å². The Bertz CT molecular complexity index is 5270. The number of hydrogen-bond donors (Lipinski definition) is 0. The Kier molecular flexibility index (Phi) is 16.6.